The van der Waals surface area contributed by atoms with Gasteiger partial charge < -0.3 is 10.2 Å². The molecular weight excluding hydrogens is 773 g/mol. The van der Waals surface area contributed by atoms with Gasteiger partial charge >= 0.3 is 11.9 Å². The lowest BCUT2D eigenvalue weighted by molar-refractivity contribution is -0.143. The van der Waals surface area contributed by atoms with E-state index in [0.29, 0.717) is 0 Å². The molecule has 58 heavy (non-hydrogen) atoms. The van der Waals surface area contributed by atoms with Crippen molar-refractivity contribution in [1.82, 2.24) is 0 Å². The standard InChI is InChI=1S/C46H58N2O8S2/c1-11-46(12-2,41(51)52)48(58(55,56)31-18-20-35-37(28-31)45(9,10)26-24-43(35,5)6)39-22-21-38(32-15-13-14-16-33(32)39)47(29-40(49)50)57(53,54)30-17-19-34-36(27-30)44(7,8)25-23-42(34,3)4/h13-22,27-28H,11-12,23-26,29H2,1-10H3,(H,49,50)(H,51,52). The molecule has 0 spiro atoms. The summed E-state index contributed by atoms with van der Waals surface area (Å²) < 4.78 is 62.0. The maximum Gasteiger partial charge on any atom is 0.330 e. The minimum absolute atomic E-state index is 0.0168. The molecule has 0 radical (unpaired) electrons. The quantitative estimate of drug-likeness (QED) is 0.143. The zero-order valence-corrected chi connectivity index (χ0v) is 37.1. The summed E-state index contributed by atoms with van der Waals surface area (Å²) in [6, 6.07) is 19.4. The zero-order valence-electron chi connectivity index (χ0n) is 35.4. The topological polar surface area (TPSA) is 149 Å². The Morgan fingerprint density at radius 2 is 0.983 bits per heavy atom. The Kier molecular flexibility index (Phi) is 10.7. The molecule has 10 nitrogen and oxygen atoms in total. The van der Waals surface area contributed by atoms with Crippen LogP contribution >= 0.6 is 0 Å². The molecular formula is C46H58N2O8S2. The molecule has 6 rings (SSSR count). The summed E-state index contributed by atoms with van der Waals surface area (Å²) >= 11 is 0. The number of sulfonamides is 2. The van der Waals surface area contributed by atoms with Crippen LogP contribution in [0.1, 0.15) is 130 Å². The smallest absolute Gasteiger partial charge is 0.330 e. The van der Waals surface area contributed by atoms with E-state index in [1.807, 2.05) is 12.1 Å². The van der Waals surface area contributed by atoms with Gasteiger partial charge in [-0.2, -0.15) is 0 Å². The first-order valence-electron chi connectivity index (χ1n) is 20.1. The maximum atomic E-state index is 15.3. The van der Waals surface area contributed by atoms with Crippen LogP contribution in [-0.2, 0) is 51.3 Å². The molecule has 0 unspecified atom stereocenters. The molecule has 0 aliphatic heterocycles. The molecule has 0 aromatic heterocycles. The molecule has 12 heteroatoms. The molecule has 4 aromatic carbocycles. The molecule has 0 saturated carbocycles. The van der Waals surface area contributed by atoms with E-state index in [4.69, 9.17) is 0 Å². The average molecular weight is 831 g/mol. The van der Waals surface area contributed by atoms with E-state index in [0.717, 1.165) is 56.5 Å². The second-order valence-corrected chi connectivity index (χ2v) is 22.5. The third-order valence-corrected chi connectivity index (χ3v) is 17.0. The lowest BCUT2D eigenvalue weighted by Gasteiger charge is -2.43. The first kappa shape index (κ1) is 43.2. The largest absolute Gasteiger partial charge is 0.480 e. The van der Waals surface area contributed by atoms with Gasteiger partial charge in [0.2, 0.25) is 0 Å². The summed E-state index contributed by atoms with van der Waals surface area (Å²) in [6.07, 6.45) is 3.37. The number of hydrogen-bond donors (Lipinski definition) is 2. The molecule has 2 N–H and O–H groups in total. The molecule has 2 aliphatic rings. The predicted octanol–water partition coefficient (Wildman–Crippen LogP) is 9.66. The highest BCUT2D eigenvalue weighted by Gasteiger charge is 2.50. The fourth-order valence-corrected chi connectivity index (χ4v) is 12.7. The number of carboxylic acids is 2. The van der Waals surface area contributed by atoms with Crippen molar-refractivity contribution >= 4 is 54.1 Å². The van der Waals surface area contributed by atoms with Gasteiger partial charge in [0, 0.05) is 10.8 Å². The molecule has 0 atom stereocenters. The number of fused-ring (bicyclic) bond motifs is 3. The summed E-state index contributed by atoms with van der Waals surface area (Å²) in [5, 5.41) is 21.6. The van der Waals surface area contributed by atoms with Crippen LogP contribution in [0.4, 0.5) is 11.4 Å². The number of hydrogen-bond acceptors (Lipinski definition) is 6. The first-order valence-corrected chi connectivity index (χ1v) is 23.0. The molecule has 312 valence electrons. The molecule has 0 bridgehead atoms. The Morgan fingerprint density at radius 3 is 1.40 bits per heavy atom. The summed E-state index contributed by atoms with van der Waals surface area (Å²) in [6.45, 7) is 19.2. The molecule has 0 heterocycles. The van der Waals surface area contributed by atoms with Gasteiger partial charge in [0.05, 0.1) is 21.2 Å². The Labute approximate surface area is 344 Å². The Balaban J connectivity index is 1.60. The number of aliphatic carboxylic acids is 2. The van der Waals surface area contributed by atoms with Crippen molar-refractivity contribution in [1.29, 1.82) is 0 Å². The van der Waals surface area contributed by atoms with Gasteiger partial charge in [-0.25, -0.2) is 25.9 Å². The van der Waals surface area contributed by atoms with Gasteiger partial charge in [0.25, 0.3) is 20.0 Å². The van der Waals surface area contributed by atoms with Gasteiger partial charge in [-0.05, 0) is 119 Å². The SMILES string of the molecule is CCC(CC)(C(=O)O)N(c1ccc(N(CC(=O)O)S(=O)(=O)c2ccc3c(c2)C(C)(C)CCC3(C)C)c2ccccc12)S(=O)(=O)c1ccc2c(c1)C(C)(C)CCC2(C)C. The van der Waals surface area contributed by atoms with E-state index in [2.05, 4.69) is 55.4 Å². The van der Waals surface area contributed by atoms with E-state index >= 15 is 8.42 Å². The monoisotopic (exact) mass is 830 g/mol. The number of carbonyl (C=O) groups is 2. The van der Waals surface area contributed by atoms with Crippen molar-refractivity contribution in [2.45, 2.75) is 145 Å². The molecule has 2 aliphatic carbocycles. The summed E-state index contributed by atoms with van der Waals surface area (Å²) in [5.41, 5.74) is 0.955. The fourth-order valence-electron chi connectivity index (χ4n) is 9.29. The van der Waals surface area contributed by atoms with Gasteiger partial charge in [0.15, 0.2) is 5.54 Å². The van der Waals surface area contributed by atoms with Crippen LogP contribution < -0.4 is 8.61 Å². The van der Waals surface area contributed by atoms with Crippen LogP contribution in [0.2, 0.25) is 0 Å². The van der Waals surface area contributed by atoms with Gasteiger partial charge in [-0.15, -0.1) is 0 Å². The molecule has 0 amide bonds. The van der Waals surface area contributed by atoms with E-state index in [1.165, 1.54) is 18.2 Å². The normalized spacial score (nSPS) is 18.2. The third kappa shape index (κ3) is 6.97. The summed E-state index contributed by atoms with van der Waals surface area (Å²) in [4.78, 5) is 25.8. The first-order chi connectivity index (χ1) is 26.8. The van der Waals surface area contributed by atoms with Crippen LogP contribution in [0, 0.1) is 0 Å². The Hall–Kier alpha value is -4.42. The maximum absolute atomic E-state index is 15.3. The van der Waals surface area contributed by atoms with E-state index in [1.54, 1.807) is 56.3 Å². The van der Waals surface area contributed by atoms with Crippen LogP contribution in [0.5, 0.6) is 0 Å². The minimum Gasteiger partial charge on any atom is -0.480 e. The highest BCUT2D eigenvalue weighted by atomic mass is 32.2. The number of anilines is 2. The predicted molar refractivity (Wildman–Crippen MR) is 230 cm³/mol. The second kappa shape index (κ2) is 14.4. The lowest BCUT2D eigenvalue weighted by atomic mass is 9.63. The van der Waals surface area contributed by atoms with Crippen molar-refractivity contribution in [2.75, 3.05) is 15.2 Å². The lowest BCUT2D eigenvalue weighted by Crippen LogP contribution is -2.57. The second-order valence-electron chi connectivity index (χ2n) is 18.8. The summed E-state index contributed by atoms with van der Waals surface area (Å²) in [5.74, 6) is -2.72. The van der Waals surface area contributed by atoms with Crippen molar-refractivity contribution in [2.24, 2.45) is 0 Å². The van der Waals surface area contributed by atoms with Gasteiger partial charge in [0.1, 0.15) is 6.54 Å². The van der Waals surface area contributed by atoms with Crippen molar-refractivity contribution in [3.63, 3.8) is 0 Å². The Bertz CT molecular complexity index is 2530. The average Bonchev–Trinajstić information content (AvgIpc) is 3.16. The Morgan fingerprint density at radius 1 is 0.586 bits per heavy atom. The van der Waals surface area contributed by atoms with Crippen molar-refractivity contribution < 1.29 is 36.6 Å². The number of rotatable bonds is 12. The highest BCUT2D eigenvalue weighted by molar-refractivity contribution is 7.93. The number of nitrogens with zero attached hydrogens (tertiary/aromatic N) is 2. The van der Waals surface area contributed by atoms with Gasteiger partial charge in [-0.1, -0.05) is 106 Å². The van der Waals surface area contributed by atoms with E-state index in [9.17, 15) is 28.2 Å². The van der Waals surface area contributed by atoms with Crippen LogP contribution in [-0.4, -0.2) is 51.1 Å². The van der Waals surface area contributed by atoms with Gasteiger partial charge in [-0.3, -0.25) is 9.10 Å². The van der Waals surface area contributed by atoms with Crippen LogP contribution in [0.25, 0.3) is 10.8 Å². The third-order valence-electron chi connectivity index (χ3n) is 13.4. The number of benzene rings is 4. The fraction of sp³-hybridized carbons (Fsp3) is 0.478. The van der Waals surface area contributed by atoms with Crippen LogP contribution in [0.3, 0.4) is 0 Å². The van der Waals surface area contributed by atoms with E-state index < -0.39 is 44.1 Å². The molecule has 0 saturated heterocycles. The van der Waals surface area contributed by atoms with Crippen LogP contribution in [0.15, 0.2) is 82.6 Å². The number of carboxylic acid groups (broad SMARTS) is 2. The van der Waals surface area contributed by atoms with Crippen molar-refractivity contribution in [3.8, 4) is 0 Å². The van der Waals surface area contributed by atoms with Crippen molar-refractivity contribution in [3.05, 3.63) is 95.1 Å². The van der Waals surface area contributed by atoms with E-state index in [-0.39, 0.29) is 66.4 Å². The summed E-state index contributed by atoms with van der Waals surface area (Å²) in [7, 11) is -9.14. The zero-order chi connectivity index (χ0) is 43.0. The minimum atomic E-state index is -4.62. The molecule has 4 aromatic rings. The molecule has 0 fully saturated rings. The highest BCUT2D eigenvalue weighted by Crippen LogP contribution is 2.49.